The lowest BCUT2D eigenvalue weighted by Crippen LogP contribution is -1.96. The predicted molar refractivity (Wildman–Crippen MR) is 51.4 cm³/mol. The van der Waals surface area contributed by atoms with Crippen molar-refractivity contribution < 1.29 is 14.3 Å². The normalized spacial score (nSPS) is 10.2. The molecule has 2 aromatic heterocycles. The van der Waals surface area contributed by atoms with Crippen LogP contribution in [0.15, 0.2) is 28.9 Å². The Kier molecular flexibility index (Phi) is 2.21. The van der Waals surface area contributed by atoms with Gasteiger partial charge in [-0.15, -0.1) is 0 Å². The molecule has 0 unspecified atom stereocenters. The van der Waals surface area contributed by atoms with Gasteiger partial charge in [0.1, 0.15) is 5.69 Å². The lowest BCUT2D eigenvalue weighted by atomic mass is 10.2. The molecule has 0 saturated heterocycles. The van der Waals surface area contributed by atoms with Crippen molar-refractivity contribution in [3.63, 3.8) is 0 Å². The van der Waals surface area contributed by atoms with Gasteiger partial charge >= 0.3 is 5.97 Å². The van der Waals surface area contributed by atoms with Crippen LogP contribution in [-0.2, 0) is 0 Å². The van der Waals surface area contributed by atoms with Crippen molar-refractivity contribution in [1.29, 1.82) is 0 Å². The van der Waals surface area contributed by atoms with E-state index in [1.54, 1.807) is 31.5 Å². The first kappa shape index (κ1) is 9.39. The Morgan fingerprint density at radius 1 is 1.53 bits per heavy atom. The number of nitrogens with zero attached hydrogens (tertiary/aromatic N) is 2. The molecule has 0 aliphatic rings. The summed E-state index contributed by atoms with van der Waals surface area (Å²) in [5.74, 6) is -0.957. The molecule has 0 aliphatic carbocycles. The van der Waals surface area contributed by atoms with E-state index in [-0.39, 0.29) is 5.76 Å². The zero-order chi connectivity index (χ0) is 10.8. The molecule has 0 fully saturated rings. The Labute approximate surface area is 85.4 Å². The van der Waals surface area contributed by atoms with Crippen LogP contribution < -0.4 is 0 Å². The fourth-order valence-electron chi connectivity index (χ4n) is 1.27. The van der Waals surface area contributed by atoms with E-state index in [9.17, 15) is 4.79 Å². The highest BCUT2D eigenvalue weighted by molar-refractivity contribution is 5.91. The van der Waals surface area contributed by atoms with E-state index >= 15 is 0 Å². The van der Waals surface area contributed by atoms with E-state index in [0.29, 0.717) is 17.1 Å². The van der Waals surface area contributed by atoms with Gasteiger partial charge in [-0.1, -0.05) is 0 Å². The Morgan fingerprint density at radius 3 is 2.93 bits per heavy atom. The van der Waals surface area contributed by atoms with Crippen LogP contribution in [0.1, 0.15) is 16.4 Å². The number of carbonyl (C=O) groups is 1. The van der Waals surface area contributed by atoms with Gasteiger partial charge in [0.2, 0.25) is 5.76 Å². The van der Waals surface area contributed by atoms with E-state index in [2.05, 4.69) is 9.97 Å². The van der Waals surface area contributed by atoms with Gasteiger partial charge < -0.3 is 9.52 Å². The van der Waals surface area contributed by atoms with Crippen LogP contribution in [0.2, 0.25) is 0 Å². The number of hydrogen-bond acceptors (Lipinski definition) is 4. The number of pyridine rings is 1. The van der Waals surface area contributed by atoms with Crippen molar-refractivity contribution in [2.24, 2.45) is 0 Å². The molecule has 5 nitrogen and oxygen atoms in total. The maximum Gasteiger partial charge on any atom is 0.374 e. The van der Waals surface area contributed by atoms with Gasteiger partial charge in [-0.25, -0.2) is 9.78 Å². The molecule has 0 spiro atoms. The Hall–Kier alpha value is -2.17. The monoisotopic (exact) mass is 204 g/mol. The number of aryl methyl sites for hydroxylation is 1. The molecular weight excluding hydrogens is 196 g/mol. The average molecular weight is 204 g/mol. The number of rotatable bonds is 2. The molecule has 0 bridgehead atoms. The highest BCUT2D eigenvalue weighted by Gasteiger charge is 2.19. The molecule has 0 aliphatic heterocycles. The smallest absolute Gasteiger partial charge is 0.374 e. The number of oxazole rings is 1. The summed E-state index contributed by atoms with van der Waals surface area (Å²) in [6.07, 6.45) is 3.15. The summed E-state index contributed by atoms with van der Waals surface area (Å²) < 4.78 is 4.99. The first-order valence-corrected chi connectivity index (χ1v) is 4.29. The summed E-state index contributed by atoms with van der Waals surface area (Å²) in [4.78, 5) is 18.8. The largest absolute Gasteiger partial charge is 0.475 e. The van der Waals surface area contributed by atoms with Crippen LogP contribution in [0.5, 0.6) is 0 Å². The first-order valence-electron chi connectivity index (χ1n) is 4.29. The quantitative estimate of drug-likeness (QED) is 0.806. The number of carboxylic acids is 1. The van der Waals surface area contributed by atoms with E-state index in [0.717, 1.165) is 0 Å². The summed E-state index contributed by atoms with van der Waals surface area (Å²) in [7, 11) is 0. The molecule has 2 heterocycles. The van der Waals surface area contributed by atoms with Crippen molar-refractivity contribution in [2.75, 3.05) is 0 Å². The summed E-state index contributed by atoms with van der Waals surface area (Å²) in [5, 5.41) is 8.89. The van der Waals surface area contributed by atoms with Crippen molar-refractivity contribution in [1.82, 2.24) is 9.97 Å². The van der Waals surface area contributed by atoms with Crippen LogP contribution in [0.4, 0.5) is 0 Å². The van der Waals surface area contributed by atoms with E-state index in [4.69, 9.17) is 9.52 Å². The maximum absolute atomic E-state index is 10.9. The zero-order valence-electron chi connectivity index (χ0n) is 7.97. The minimum Gasteiger partial charge on any atom is -0.475 e. The summed E-state index contributed by atoms with van der Waals surface area (Å²) >= 11 is 0. The standard InChI is InChI=1S/C10H8N2O3/c1-6-12-8(9(15-6)10(13)14)7-3-2-4-11-5-7/h2-5H,1H3,(H,13,14). The van der Waals surface area contributed by atoms with Gasteiger partial charge in [0.25, 0.3) is 0 Å². The van der Waals surface area contributed by atoms with Crippen molar-refractivity contribution in [3.8, 4) is 11.3 Å². The van der Waals surface area contributed by atoms with Crippen LogP contribution >= 0.6 is 0 Å². The topological polar surface area (TPSA) is 76.2 Å². The molecule has 15 heavy (non-hydrogen) atoms. The molecule has 1 N–H and O–H groups in total. The Morgan fingerprint density at radius 2 is 2.33 bits per heavy atom. The summed E-state index contributed by atoms with van der Waals surface area (Å²) in [6.45, 7) is 1.60. The third kappa shape index (κ3) is 1.71. The third-order valence-electron chi connectivity index (χ3n) is 1.86. The molecule has 76 valence electrons. The van der Waals surface area contributed by atoms with Crippen molar-refractivity contribution in [3.05, 3.63) is 36.2 Å². The molecule has 2 aromatic rings. The van der Waals surface area contributed by atoms with Crippen LogP contribution in [-0.4, -0.2) is 21.0 Å². The fraction of sp³-hybridized carbons (Fsp3) is 0.100. The molecule has 0 amide bonds. The van der Waals surface area contributed by atoms with E-state index in [1.165, 1.54) is 0 Å². The van der Waals surface area contributed by atoms with Gasteiger partial charge in [0, 0.05) is 24.9 Å². The minimum atomic E-state index is -1.13. The van der Waals surface area contributed by atoms with Crippen LogP contribution in [0.3, 0.4) is 0 Å². The second kappa shape index (κ2) is 3.53. The number of hydrogen-bond donors (Lipinski definition) is 1. The molecule has 2 rings (SSSR count). The van der Waals surface area contributed by atoms with Gasteiger partial charge in [-0.05, 0) is 12.1 Å². The highest BCUT2D eigenvalue weighted by atomic mass is 16.4. The third-order valence-corrected chi connectivity index (χ3v) is 1.86. The average Bonchev–Trinajstić information content (AvgIpc) is 2.62. The van der Waals surface area contributed by atoms with E-state index in [1.807, 2.05) is 0 Å². The van der Waals surface area contributed by atoms with Gasteiger partial charge in [0.05, 0.1) is 0 Å². The highest BCUT2D eigenvalue weighted by Crippen LogP contribution is 2.22. The fourth-order valence-corrected chi connectivity index (χ4v) is 1.27. The second-order valence-corrected chi connectivity index (χ2v) is 2.96. The van der Waals surface area contributed by atoms with Gasteiger partial charge in [-0.2, -0.15) is 0 Å². The Balaban J connectivity index is 2.58. The van der Waals surface area contributed by atoms with Crippen molar-refractivity contribution in [2.45, 2.75) is 6.92 Å². The SMILES string of the molecule is Cc1nc(-c2cccnc2)c(C(=O)O)o1. The summed E-state index contributed by atoms with van der Waals surface area (Å²) in [6, 6.07) is 3.45. The molecule has 5 heteroatoms. The number of carboxylic acid groups (broad SMARTS) is 1. The zero-order valence-corrected chi connectivity index (χ0v) is 7.97. The molecule has 0 saturated carbocycles. The van der Waals surface area contributed by atoms with Crippen LogP contribution in [0.25, 0.3) is 11.3 Å². The van der Waals surface area contributed by atoms with Gasteiger partial charge in [-0.3, -0.25) is 4.98 Å². The number of aromatic carboxylic acids is 1. The second-order valence-electron chi connectivity index (χ2n) is 2.96. The molecular formula is C10H8N2O3. The van der Waals surface area contributed by atoms with Crippen molar-refractivity contribution >= 4 is 5.97 Å². The lowest BCUT2D eigenvalue weighted by molar-refractivity contribution is 0.0662. The Bertz CT molecular complexity index is 491. The molecule has 0 aromatic carbocycles. The maximum atomic E-state index is 10.9. The first-order chi connectivity index (χ1) is 7.18. The molecule has 0 radical (unpaired) electrons. The van der Waals surface area contributed by atoms with Crippen LogP contribution in [0, 0.1) is 6.92 Å². The van der Waals surface area contributed by atoms with Gasteiger partial charge in [0.15, 0.2) is 5.89 Å². The predicted octanol–water partition coefficient (Wildman–Crippen LogP) is 1.74. The van der Waals surface area contributed by atoms with E-state index < -0.39 is 5.97 Å². The summed E-state index contributed by atoms with van der Waals surface area (Å²) in [5.41, 5.74) is 0.944. The lowest BCUT2D eigenvalue weighted by Gasteiger charge is -1.95. The minimum absolute atomic E-state index is 0.152. The number of aromatic nitrogens is 2. The molecule has 0 atom stereocenters.